The fourth-order valence-corrected chi connectivity index (χ4v) is 2.12. The quantitative estimate of drug-likeness (QED) is 0.915. The highest BCUT2D eigenvalue weighted by Crippen LogP contribution is 2.36. The average Bonchev–Trinajstić information content (AvgIpc) is 2.52. The molecule has 104 valence electrons. The van der Waals surface area contributed by atoms with E-state index in [2.05, 4.69) is 21.0 Å². The van der Waals surface area contributed by atoms with Crippen molar-refractivity contribution < 1.29 is 17.9 Å². The number of nitrogen functional groups attached to an aromatic ring is 1. The molecule has 1 aromatic carbocycles. The molecule has 19 heavy (non-hydrogen) atoms. The van der Waals surface area contributed by atoms with E-state index in [1.807, 2.05) is 0 Å². The number of anilines is 1. The summed E-state index contributed by atoms with van der Waals surface area (Å²) < 4.78 is 44.7. The van der Waals surface area contributed by atoms with Crippen molar-refractivity contribution in [3.8, 4) is 5.75 Å². The molecule has 0 aliphatic rings. The van der Waals surface area contributed by atoms with Crippen LogP contribution in [0.25, 0.3) is 10.9 Å². The van der Waals surface area contributed by atoms with E-state index in [9.17, 15) is 13.2 Å². The molecule has 8 heteroatoms. The maximum Gasteiger partial charge on any atom is 0.425 e. The molecular weight excluding hydrogens is 327 g/mol. The van der Waals surface area contributed by atoms with E-state index in [1.165, 1.54) is 10.7 Å². The highest BCUT2D eigenvalue weighted by Gasteiger charge is 2.38. The number of benzene rings is 1. The van der Waals surface area contributed by atoms with E-state index in [4.69, 9.17) is 10.5 Å². The van der Waals surface area contributed by atoms with Crippen molar-refractivity contribution in [3.63, 3.8) is 0 Å². The number of fused-ring (bicyclic) bond motifs is 1. The lowest BCUT2D eigenvalue weighted by Gasteiger charge is -2.18. The minimum absolute atomic E-state index is 0.0554. The Morgan fingerprint density at radius 1 is 1.42 bits per heavy atom. The van der Waals surface area contributed by atoms with Crippen LogP contribution in [0.5, 0.6) is 5.75 Å². The summed E-state index contributed by atoms with van der Waals surface area (Å²) in [6, 6.07) is 3.16. The third-order valence-electron chi connectivity index (χ3n) is 2.67. The number of nitrogens with two attached hydrogens (primary N) is 1. The van der Waals surface area contributed by atoms with Gasteiger partial charge >= 0.3 is 6.18 Å². The van der Waals surface area contributed by atoms with Crippen molar-refractivity contribution >= 4 is 32.7 Å². The Morgan fingerprint density at radius 2 is 2.05 bits per heavy atom. The molecule has 0 saturated heterocycles. The second-order valence-corrected chi connectivity index (χ2v) is 5.02. The molecule has 0 aliphatic carbocycles. The van der Waals surface area contributed by atoms with E-state index >= 15 is 0 Å². The fraction of sp³-hybridized carbons (Fsp3) is 0.364. The first kappa shape index (κ1) is 14.0. The topological polar surface area (TPSA) is 53.1 Å². The van der Waals surface area contributed by atoms with E-state index in [0.29, 0.717) is 15.4 Å². The number of halogens is 4. The molecule has 0 fully saturated rings. The van der Waals surface area contributed by atoms with Crippen LogP contribution in [0.2, 0.25) is 0 Å². The van der Waals surface area contributed by atoms with Crippen molar-refractivity contribution in [3.05, 3.63) is 16.6 Å². The molecule has 1 atom stereocenters. The Hall–Kier alpha value is -1.44. The highest BCUT2D eigenvalue weighted by atomic mass is 79.9. The number of aryl methyl sites for hydroxylation is 1. The largest absolute Gasteiger partial charge is 0.480 e. The minimum atomic E-state index is -4.44. The number of alkyl halides is 3. The lowest BCUT2D eigenvalue weighted by Crippen LogP contribution is -2.31. The smallest absolute Gasteiger partial charge is 0.425 e. The van der Waals surface area contributed by atoms with E-state index in [0.717, 1.165) is 6.92 Å². The van der Waals surface area contributed by atoms with Gasteiger partial charge in [0.25, 0.3) is 0 Å². The van der Waals surface area contributed by atoms with Gasteiger partial charge in [-0.3, -0.25) is 4.68 Å². The van der Waals surface area contributed by atoms with Crippen molar-refractivity contribution in [1.29, 1.82) is 0 Å². The fourth-order valence-electron chi connectivity index (χ4n) is 1.70. The van der Waals surface area contributed by atoms with Gasteiger partial charge in [0.05, 0.1) is 10.9 Å². The molecule has 0 amide bonds. The van der Waals surface area contributed by atoms with Gasteiger partial charge in [-0.05, 0) is 19.1 Å². The number of aromatic nitrogens is 2. The van der Waals surface area contributed by atoms with Crippen LogP contribution >= 0.6 is 15.9 Å². The number of rotatable bonds is 2. The maximum atomic E-state index is 12.6. The maximum absolute atomic E-state index is 12.6. The normalized spacial score (nSPS) is 13.8. The van der Waals surface area contributed by atoms with Gasteiger partial charge in [-0.25, -0.2) is 0 Å². The number of hydrogen-bond donors (Lipinski definition) is 1. The van der Waals surface area contributed by atoms with Crippen LogP contribution in [-0.4, -0.2) is 22.1 Å². The molecule has 2 N–H and O–H groups in total. The summed E-state index contributed by atoms with van der Waals surface area (Å²) in [4.78, 5) is 0. The zero-order chi connectivity index (χ0) is 14.4. The van der Waals surface area contributed by atoms with Crippen LogP contribution in [0.15, 0.2) is 16.6 Å². The van der Waals surface area contributed by atoms with E-state index in [1.54, 1.807) is 13.1 Å². The Bertz CT molecular complexity index is 624. The van der Waals surface area contributed by atoms with Crippen LogP contribution in [0.3, 0.4) is 0 Å². The Labute approximate surface area is 115 Å². The summed E-state index contributed by atoms with van der Waals surface area (Å²) in [7, 11) is 1.65. The molecule has 1 aromatic heterocycles. The molecule has 0 bridgehead atoms. The van der Waals surface area contributed by atoms with Crippen LogP contribution in [-0.2, 0) is 7.05 Å². The lowest BCUT2D eigenvalue weighted by molar-refractivity contribution is -0.188. The van der Waals surface area contributed by atoms with Gasteiger partial charge in [-0.1, -0.05) is 15.9 Å². The number of hydrogen-bond acceptors (Lipinski definition) is 3. The third kappa shape index (κ3) is 2.63. The van der Waals surface area contributed by atoms with Crippen LogP contribution in [0, 0.1) is 0 Å². The van der Waals surface area contributed by atoms with E-state index in [-0.39, 0.29) is 11.6 Å². The molecule has 0 radical (unpaired) electrons. The molecule has 0 spiro atoms. The predicted octanol–water partition coefficient (Wildman–Crippen LogP) is 3.25. The van der Waals surface area contributed by atoms with Crippen LogP contribution in [0.1, 0.15) is 6.92 Å². The first-order valence-electron chi connectivity index (χ1n) is 5.35. The number of nitrogens with zero attached hydrogens (tertiary/aromatic N) is 2. The summed E-state index contributed by atoms with van der Waals surface area (Å²) in [5, 5.41) is 4.35. The predicted molar refractivity (Wildman–Crippen MR) is 69.0 cm³/mol. The molecule has 0 saturated carbocycles. The number of ether oxygens (including phenoxy) is 1. The van der Waals surface area contributed by atoms with E-state index < -0.39 is 12.3 Å². The molecule has 1 unspecified atom stereocenters. The Balaban J connectivity index is 2.54. The summed E-state index contributed by atoms with van der Waals surface area (Å²) in [5.41, 5.74) is 6.30. The second kappa shape index (κ2) is 4.59. The van der Waals surface area contributed by atoms with Gasteiger partial charge in [-0.15, -0.1) is 0 Å². The molecule has 4 nitrogen and oxygen atoms in total. The first-order chi connectivity index (χ1) is 8.70. The summed E-state index contributed by atoms with van der Waals surface area (Å²) >= 11 is 3.22. The molecule has 0 aliphatic heterocycles. The molecule has 1 heterocycles. The summed E-state index contributed by atoms with van der Waals surface area (Å²) in [6.45, 7) is 0.944. The molecule has 2 rings (SSSR count). The summed E-state index contributed by atoms with van der Waals surface area (Å²) in [5.74, 6) is 0.189. The van der Waals surface area contributed by atoms with Gasteiger partial charge < -0.3 is 10.5 Å². The second-order valence-electron chi connectivity index (χ2n) is 4.11. The van der Waals surface area contributed by atoms with Gasteiger partial charge in [0.1, 0.15) is 5.75 Å². The minimum Gasteiger partial charge on any atom is -0.480 e. The van der Waals surface area contributed by atoms with Crippen molar-refractivity contribution in [2.24, 2.45) is 7.05 Å². The van der Waals surface area contributed by atoms with Crippen molar-refractivity contribution in [1.82, 2.24) is 9.78 Å². The highest BCUT2D eigenvalue weighted by molar-refractivity contribution is 9.10. The van der Waals surface area contributed by atoms with Crippen LogP contribution < -0.4 is 10.5 Å². The molecular formula is C11H11BrF3N3O. The monoisotopic (exact) mass is 337 g/mol. The molecule has 2 aromatic rings. The Morgan fingerprint density at radius 3 is 2.63 bits per heavy atom. The standard InChI is InChI=1S/C11H11BrF3N3O/c1-5(11(13,14)15)19-8-4-6(12)3-7-9(8)10(16)17-18(7)2/h3-5H,1-2H3,(H2,16,17). The zero-order valence-corrected chi connectivity index (χ0v) is 11.7. The van der Waals surface area contributed by atoms with Gasteiger partial charge in [0.15, 0.2) is 11.9 Å². The average molecular weight is 338 g/mol. The lowest BCUT2D eigenvalue weighted by atomic mass is 10.2. The van der Waals surface area contributed by atoms with Crippen LogP contribution in [0.4, 0.5) is 19.0 Å². The van der Waals surface area contributed by atoms with Gasteiger partial charge in [0, 0.05) is 11.5 Å². The van der Waals surface area contributed by atoms with Gasteiger partial charge in [-0.2, -0.15) is 18.3 Å². The zero-order valence-electron chi connectivity index (χ0n) is 10.1. The van der Waals surface area contributed by atoms with Gasteiger partial charge in [0.2, 0.25) is 0 Å². The Kier molecular flexibility index (Phi) is 3.38. The first-order valence-corrected chi connectivity index (χ1v) is 6.14. The van der Waals surface area contributed by atoms with Crippen molar-refractivity contribution in [2.75, 3.05) is 5.73 Å². The third-order valence-corrected chi connectivity index (χ3v) is 3.13. The SMILES string of the molecule is CC(Oc1cc(Br)cc2c1c(N)nn2C)C(F)(F)F. The summed E-state index contributed by atoms with van der Waals surface area (Å²) in [6.07, 6.45) is -6.37. The van der Waals surface area contributed by atoms with Crippen molar-refractivity contribution in [2.45, 2.75) is 19.2 Å².